The number of ether oxygens (including phenoxy) is 1. The molecule has 0 aliphatic rings. The molecule has 2 aromatic carbocycles. The van der Waals surface area contributed by atoms with Crippen molar-refractivity contribution in [2.24, 2.45) is 0 Å². The molecule has 3 rings (SSSR count). The minimum Gasteiger partial charge on any atom is -0.489 e. The molecule has 0 saturated heterocycles. The molecule has 0 amide bonds. The molecule has 4 heteroatoms. The van der Waals surface area contributed by atoms with Crippen LogP contribution >= 0.6 is 0 Å². The number of anilines is 1. The molecule has 3 aromatic rings. The van der Waals surface area contributed by atoms with E-state index in [1.54, 1.807) is 12.3 Å². The average Bonchev–Trinajstić information content (AvgIpc) is 2.45. The van der Waals surface area contributed by atoms with Gasteiger partial charge in [-0.15, -0.1) is 0 Å². The lowest BCUT2D eigenvalue weighted by Gasteiger charge is -2.08. The van der Waals surface area contributed by atoms with E-state index in [1.165, 1.54) is 12.1 Å². The Morgan fingerprint density at radius 3 is 2.85 bits per heavy atom. The van der Waals surface area contributed by atoms with Gasteiger partial charge < -0.3 is 10.5 Å². The Kier molecular flexibility index (Phi) is 3.21. The monoisotopic (exact) mass is 268 g/mol. The summed E-state index contributed by atoms with van der Waals surface area (Å²) in [7, 11) is 0. The third kappa shape index (κ3) is 2.54. The second kappa shape index (κ2) is 5.17. The Hall–Kier alpha value is -2.62. The highest BCUT2D eigenvalue weighted by Crippen LogP contribution is 2.24. The Balaban J connectivity index is 1.81. The van der Waals surface area contributed by atoms with Crippen LogP contribution in [0.4, 0.5) is 10.2 Å². The molecule has 0 atom stereocenters. The molecule has 1 heterocycles. The number of hydrogen-bond donors (Lipinski definition) is 1. The molecule has 0 aliphatic carbocycles. The maximum absolute atomic E-state index is 13.1. The lowest BCUT2D eigenvalue weighted by Crippen LogP contribution is -1.96. The lowest BCUT2D eigenvalue weighted by atomic mass is 10.1. The van der Waals surface area contributed by atoms with Gasteiger partial charge in [-0.1, -0.05) is 12.1 Å². The van der Waals surface area contributed by atoms with Gasteiger partial charge in [-0.25, -0.2) is 9.37 Å². The maximum atomic E-state index is 13.1. The minimum absolute atomic E-state index is 0.261. The Morgan fingerprint density at radius 2 is 2.00 bits per heavy atom. The van der Waals surface area contributed by atoms with Gasteiger partial charge in [0, 0.05) is 11.6 Å². The van der Waals surface area contributed by atoms with E-state index >= 15 is 0 Å². The highest BCUT2D eigenvalue weighted by atomic mass is 19.1. The van der Waals surface area contributed by atoms with Crippen LogP contribution in [0.2, 0.25) is 0 Å². The van der Waals surface area contributed by atoms with Crippen molar-refractivity contribution in [1.29, 1.82) is 0 Å². The molecule has 3 nitrogen and oxygen atoms in total. The molecular weight excluding hydrogens is 255 g/mol. The van der Waals surface area contributed by atoms with Crippen molar-refractivity contribution in [3.63, 3.8) is 0 Å². The van der Waals surface area contributed by atoms with Crippen LogP contribution in [0.15, 0.2) is 54.7 Å². The predicted octanol–water partition coefficient (Wildman–Crippen LogP) is 3.54. The predicted molar refractivity (Wildman–Crippen MR) is 76.9 cm³/mol. The van der Waals surface area contributed by atoms with Crippen LogP contribution in [0.1, 0.15) is 5.56 Å². The average molecular weight is 268 g/mol. The molecule has 0 spiro atoms. The fourth-order valence-electron chi connectivity index (χ4n) is 2.06. The first-order chi connectivity index (χ1) is 9.72. The Bertz CT molecular complexity index is 758. The highest BCUT2D eigenvalue weighted by molar-refractivity contribution is 5.91. The molecule has 0 fully saturated rings. The fourth-order valence-corrected chi connectivity index (χ4v) is 2.06. The molecule has 0 bridgehead atoms. The molecule has 0 aliphatic heterocycles. The summed E-state index contributed by atoms with van der Waals surface area (Å²) in [6.45, 7) is 0.323. The van der Waals surface area contributed by atoms with Crippen LogP contribution in [-0.4, -0.2) is 4.98 Å². The van der Waals surface area contributed by atoms with E-state index in [1.807, 2.05) is 30.3 Å². The topological polar surface area (TPSA) is 48.1 Å². The summed E-state index contributed by atoms with van der Waals surface area (Å²) in [6.07, 6.45) is 1.66. The summed E-state index contributed by atoms with van der Waals surface area (Å²) < 4.78 is 18.7. The van der Waals surface area contributed by atoms with Gasteiger partial charge in [0.15, 0.2) is 0 Å². The summed E-state index contributed by atoms with van der Waals surface area (Å²) in [6, 6.07) is 13.8. The van der Waals surface area contributed by atoms with Gasteiger partial charge in [0.25, 0.3) is 0 Å². The highest BCUT2D eigenvalue weighted by Gasteiger charge is 2.02. The zero-order valence-corrected chi connectivity index (χ0v) is 10.7. The van der Waals surface area contributed by atoms with Crippen LogP contribution < -0.4 is 10.5 Å². The zero-order chi connectivity index (χ0) is 13.9. The van der Waals surface area contributed by atoms with Crippen molar-refractivity contribution in [2.75, 3.05) is 5.73 Å². The first-order valence-corrected chi connectivity index (χ1v) is 6.24. The van der Waals surface area contributed by atoms with Crippen molar-refractivity contribution in [3.05, 3.63) is 66.1 Å². The standard InChI is InChI=1S/C16H13FN2O/c17-13-3-1-2-11(8-13)10-20-14-4-5-15-12(9-14)6-7-19-16(15)18/h1-9H,10H2,(H2,18,19). The molecule has 0 unspecified atom stereocenters. The summed E-state index contributed by atoms with van der Waals surface area (Å²) >= 11 is 0. The van der Waals surface area contributed by atoms with Gasteiger partial charge in [-0.3, -0.25) is 0 Å². The van der Waals surface area contributed by atoms with E-state index in [0.29, 0.717) is 18.2 Å². The number of halogens is 1. The van der Waals surface area contributed by atoms with Crippen LogP contribution in [0.25, 0.3) is 10.8 Å². The van der Waals surface area contributed by atoms with Gasteiger partial charge in [0.1, 0.15) is 24.0 Å². The van der Waals surface area contributed by atoms with Crippen molar-refractivity contribution < 1.29 is 9.13 Å². The van der Waals surface area contributed by atoms with E-state index in [0.717, 1.165) is 16.3 Å². The van der Waals surface area contributed by atoms with Crippen molar-refractivity contribution >= 4 is 16.6 Å². The van der Waals surface area contributed by atoms with Gasteiger partial charge in [-0.2, -0.15) is 0 Å². The van der Waals surface area contributed by atoms with Gasteiger partial charge in [-0.05, 0) is 47.3 Å². The molecule has 100 valence electrons. The third-order valence-electron chi connectivity index (χ3n) is 3.06. The second-order valence-electron chi connectivity index (χ2n) is 4.50. The van der Waals surface area contributed by atoms with Gasteiger partial charge in [0.2, 0.25) is 0 Å². The number of nitrogen functional groups attached to an aromatic ring is 1. The van der Waals surface area contributed by atoms with Crippen molar-refractivity contribution in [1.82, 2.24) is 4.98 Å². The number of hydrogen-bond acceptors (Lipinski definition) is 3. The van der Waals surface area contributed by atoms with Crippen LogP contribution in [0, 0.1) is 5.82 Å². The van der Waals surface area contributed by atoms with E-state index in [2.05, 4.69) is 4.98 Å². The van der Waals surface area contributed by atoms with Gasteiger partial charge >= 0.3 is 0 Å². The number of nitrogens with zero attached hydrogens (tertiary/aromatic N) is 1. The number of benzene rings is 2. The number of fused-ring (bicyclic) bond motifs is 1. The zero-order valence-electron chi connectivity index (χ0n) is 10.7. The molecule has 0 saturated carbocycles. The molecule has 1 aromatic heterocycles. The summed E-state index contributed by atoms with van der Waals surface area (Å²) in [5, 5.41) is 1.86. The SMILES string of the molecule is Nc1nccc2cc(OCc3cccc(F)c3)ccc12. The van der Waals surface area contributed by atoms with Crippen molar-refractivity contribution in [3.8, 4) is 5.75 Å². The quantitative estimate of drug-likeness (QED) is 0.790. The summed E-state index contributed by atoms with van der Waals surface area (Å²) in [5.41, 5.74) is 6.59. The second-order valence-corrected chi connectivity index (χ2v) is 4.50. The molecule has 2 N–H and O–H groups in total. The van der Waals surface area contributed by atoms with Crippen LogP contribution in [-0.2, 0) is 6.61 Å². The van der Waals surface area contributed by atoms with Crippen LogP contribution in [0.5, 0.6) is 5.75 Å². The van der Waals surface area contributed by atoms with Crippen molar-refractivity contribution in [2.45, 2.75) is 6.61 Å². The smallest absolute Gasteiger partial charge is 0.131 e. The van der Waals surface area contributed by atoms with E-state index in [4.69, 9.17) is 10.5 Å². The summed E-state index contributed by atoms with van der Waals surface area (Å²) in [4.78, 5) is 4.04. The first-order valence-electron chi connectivity index (χ1n) is 6.24. The molecule has 0 radical (unpaired) electrons. The minimum atomic E-state index is -0.261. The van der Waals surface area contributed by atoms with E-state index in [-0.39, 0.29) is 5.82 Å². The number of rotatable bonds is 3. The maximum Gasteiger partial charge on any atom is 0.131 e. The fraction of sp³-hybridized carbons (Fsp3) is 0.0625. The van der Waals surface area contributed by atoms with Gasteiger partial charge in [0.05, 0.1) is 0 Å². The largest absolute Gasteiger partial charge is 0.489 e. The third-order valence-corrected chi connectivity index (χ3v) is 3.06. The normalized spacial score (nSPS) is 10.7. The number of aromatic nitrogens is 1. The molecule has 20 heavy (non-hydrogen) atoms. The van der Waals surface area contributed by atoms with E-state index < -0.39 is 0 Å². The number of nitrogens with two attached hydrogens (primary N) is 1. The Labute approximate surface area is 115 Å². The van der Waals surface area contributed by atoms with E-state index in [9.17, 15) is 4.39 Å². The first kappa shape index (κ1) is 12.4. The lowest BCUT2D eigenvalue weighted by molar-refractivity contribution is 0.306. The number of pyridine rings is 1. The summed E-state index contributed by atoms with van der Waals surface area (Å²) in [5.74, 6) is 0.954. The molecular formula is C16H13FN2O. The van der Waals surface area contributed by atoms with Crippen LogP contribution in [0.3, 0.4) is 0 Å². The Morgan fingerprint density at radius 1 is 1.10 bits per heavy atom.